The van der Waals surface area contributed by atoms with E-state index in [1.165, 1.54) is 53.4 Å². The van der Waals surface area contributed by atoms with Gasteiger partial charge in [0.2, 0.25) is 9.23 Å². The molecule has 0 radical (unpaired) electrons. The minimum Gasteiger partial charge on any atom is -0.744 e. The first-order chi connectivity index (χ1) is 20.8. The van der Waals surface area contributed by atoms with Crippen LogP contribution in [0.15, 0.2) is 112 Å². The molecule has 3 rings (SSSR count). The van der Waals surface area contributed by atoms with E-state index >= 15 is 0 Å². The summed E-state index contributed by atoms with van der Waals surface area (Å²) >= 11 is 0. The van der Waals surface area contributed by atoms with Crippen molar-refractivity contribution in [2.75, 3.05) is 0 Å². The number of sulfonamides is 1. The molecule has 0 heterocycles. The number of azide groups is 1. The second kappa shape index (κ2) is 27.2. The van der Waals surface area contributed by atoms with Crippen LogP contribution < -0.4 is 59.1 Å². The Kier molecular flexibility index (Phi) is 30.2. The van der Waals surface area contributed by atoms with Gasteiger partial charge in [-0.1, -0.05) is 74.4 Å². The van der Waals surface area contributed by atoms with Gasteiger partial charge in [-0.05, 0) is 58.6 Å². The first-order valence-corrected chi connectivity index (χ1v) is 18.9. The Morgan fingerprint density at radius 1 is 0.660 bits per heavy atom. The second-order valence-corrected chi connectivity index (χ2v) is 15.2. The third kappa shape index (κ3) is 25.0. The largest absolute Gasteiger partial charge is 1.00 e. The molecule has 0 aliphatic rings. The molecule has 0 N–H and O–H groups in total. The zero-order valence-corrected chi connectivity index (χ0v) is 34.0. The Morgan fingerprint density at radius 2 is 0.915 bits per heavy atom. The second-order valence-electron chi connectivity index (χ2n) is 7.13. The normalized spacial score (nSPS) is 9.64. The summed E-state index contributed by atoms with van der Waals surface area (Å²) in [6.07, 6.45) is 4.79. The molecular weight excluding hydrogens is 781 g/mol. The van der Waals surface area contributed by atoms with Crippen LogP contribution in [0.4, 0.5) is 0 Å². The van der Waals surface area contributed by atoms with E-state index in [9.17, 15) is 29.8 Å². The first kappa shape index (κ1) is 52.1. The molecule has 0 saturated heterocycles. The van der Waals surface area contributed by atoms with Crippen molar-refractivity contribution in [3.05, 3.63) is 136 Å². The van der Waals surface area contributed by atoms with E-state index in [0.29, 0.717) is 0 Å². The maximum Gasteiger partial charge on any atom is 1.00 e. The van der Waals surface area contributed by atoms with Crippen LogP contribution in [0.25, 0.3) is 44.6 Å². The fourth-order valence-corrected chi connectivity index (χ4v) is 4.32. The van der Waals surface area contributed by atoms with Crippen molar-refractivity contribution in [1.82, 2.24) is 0 Å². The van der Waals surface area contributed by atoms with Crippen molar-refractivity contribution < 1.29 is 93.1 Å². The summed E-state index contributed by atoms with van der Waals surface area (Å²) in [4.78, 5) is 3.61. The minimum absolute atomic E-state index is 0. The molecular formula is C24H21Cl3N6Na2O8S4. The van der Waals surface area contributed by atoms with E-state index in [1.807, 2.05) is 0 Å². The Morgan fingerprint density at radius 3 is 1.13 bits per heavy atom. The quantitative estimate of drug-likeness (QED) is 0.0848. The molecule has 0 spiro atoms. The number of hydrogen-bond donors (Lipinski definition) is 0. The average molecular weight is 802 g/mol. The molecule has 0 bridgehead atoms. The SMILES string of the molecule is C=Cc1ccc(S(=O)(=O)Cl)cc1.C=Cc1ccc(S(=O)(=O)N=[N+]=[N-])cc1.C=Cc1ccc(S(=O)(=O)[O-])cc1.O=S(Cl)Cl.[N-]=[N+]=[N-].[Na+].[Na+]. The minimum atomic E-state index is -4.31. The number of rotatable bonds is 7. The van der Waals surface area contributed by atoms with Crippen molar-refractivity contribution in [2.24, 2.45) is 4.52 Å². The Hall–Kier alpha value is -1.67. The molecule has 3 aromatic rings. The molecule has 0 saturated carbocycles. The van der Waals surface area contributed by atoms with Crippen LogP contribution in [0.1, 0.15) is 16.7 Å². The predicted molar refractivity (Wildman–Crippen MR) is 177 cm³/mol. The van der Waals surface area contributed by atoms with Crippen LogP contribution in [-0.2, 0) is 38.4 Å². The number of nitrogens with zero attached hydrogens (tertiary/aromatic N) is 6. The fourth-order valence-electron chi connectivity index (χ4n) is 2.41. The molecule has 0 aromatic heterocycles. The van der Waals surface area contributed by atoms with Gasteiger partial charge in [0.15, 0.2) is 0 Å². The van der Waals surface area contributed by atoms with E-state index in [-0.39, 0.29) is 73.8 Å². The predicted octanol–water partition coefficient (Wildman–Crippen LogP) is 1.74. The van der Waals surface area contributed by atoms with Crippen LogP contribution in [0.5, 0.6) is 0 Å². The summed E-state index contributed by atoms with van der Waals surface area (Å²) in [5, 5.41) is 0. The van der Waals surface area contributed by atoms with Crippen molar-refractivity contribution >= 4 is 88.7 Å². The molecule has 47 heavy (non-hydrogen) atoms. The molecule has 0 unspecified atom stereocenters. The number of benzene rings is 3. The van der Waals surface area contributed by atoms with E-state index in [2.05, 4.69) is 50.5 Å². The van der Waals surface area contributed by atoms with E-state index < -0.39 is 38.4 Å². The summed E-state index contributed by atoms with van der Waals surface area (Å²) in [7, 11) is 0.695. The third-order valence-corrected chi connectivity index (χ3v) is 7.73. The number of hydrogen-bond acceptors (Lipinski definition) is 8. The van der Waals surface area contributed by atoms with Crippen LogP contribution >= 0.6 is 32.0 Å². The van der Waals surface area contributed by atoms with E-state index in [4.69, 9.17) is 31.5 Å². The van der Waals surface area contributed by atoms with Crippen LogP contribution in [-0.4, -0.2) is 34.0 Å². The van der Waals surface area contributed by atoms with E-state index in [1.54, 1.807) is 42.5 Å². The van der Waals surface area contributed by atoms with E-state index in [0.717, 1.165) is 16.7 Å². The Bertz CT molecular complexity index is 1790. The van der Waals surface area contributed by atoms with Gasteiger partial charge in [0.25, 0.3) is 19.1 Å². The molecule has 3 aromatic carbocycles. The van der Waals surface area contributed by atoms with Crippen molar-refractivity contribution in [3.8, 4) is 0 Å². The van der Waals surface area contributed by atoms with Crippen LogP contribution in [0.2, 0.25) is 0 Å². The fraction of sp³-hybridized carbons (Fsp3) is 0. The van der Waals surface area contributed by atoms with Gasteiger partial charge in [-0.25, -0.2) is 29.5 Å². The van der Waals surface area contributed by atoms with Gasteiger partial charge in [-0.3, -0.25) is 4.91 Å². The third-order valence-electron chi connectivity index (χ3n) is 4.36. The van der Waals surface area contributed by atoms with Gasteiger partial charge in [-0.2, -0.15) is 0 Å². The van der Waals surface area contributed by atoms with Crippen molar-refractivity contribution in [2.45, 2.75) is 14.7 Å². The summed E-state index contributed by atoms with van der Waals surface area (Å²) in [6.45, 7) is 10.6. The van der Waals surface area contributed by atoms with Crippen LogP contribution in [0.3, 0.4) is 0 Å². The molecule has 14 nitrogen and oxygen atoms in total. The molecule has 0 atom stereocenters. The van der Waals surface area contributed by atoms with Crippen molar-refractivity contribution in [3.63, 3.8) is 0 Å². The Balaban J connectivity index is -0.000000263. The molecule has 0 fully saturated rings. The maximum atomic E-state index is 11.2. The van der Waals surface area contributed by atoms with Gasteiger partial charge in [0, 0.05) is 41.5 Å². The molecule has 0 aliphatic heterocycles. The molecule has 23 heteroatoms. The standard InChI is InChI=1S/C8H7ClO2S.C8H7N3O2S.C8H8O3S.Cl2OS.N3.2Na/c1-2-7-3-5-8(6-4-7)12(9,10)11;1-2-7-3-5-8(6-4-7)14(12,13)11-10-9;1-2-7-3-5-8(6-4-7)12(9,10)11;1-4(2)3;1-3-2;;/h2-6H,1H2;2-6H,1H2;2-6H,1H2,(H,9,10,11);;;;/q;;;;-1;2*+1/p-1. The van der Waals surface area contributed by atoms with Gasteiger partial charge in [0.1, 0.15) is 10.1 Å². The molecule has 0 aliphatic carbocycles. The summed E-state index contributed by atoms with van der Waals surface area (Å²) in [5.41, 5.74) is 24.0. The molecule has 242 valence electrons. The summed E-state index contributed by atoms with van der Waals surface area (Å²) in [5.74, 6) is 0. The smallest absolute Gasteiger partial charge is 0.744 e. The van der Waals surface area contributed by atoms with Gasteiger partial charge in [0.05, 0.1) is 14.7 Å². The molecule has 0 amide bonds. The average Bonchev–Trinajstić information content (AvgIpc) is 2.97. The zero-order valence-electron chi connectivity index (χ0n) is 24.5. The Labute approximate surface area is 332 Å². The monoisotopic (exact) mass is 800 g/mol. The topological polar surface area (TPSA) is 250 Å². The first-order valence-electron chi connectivity index (χ1n) is 10.9. The summed E-state index contributed by atoms with van der Waals surface area (Å²) < 4.78 is 87.1. The van der Waals surface area contributed by atoms with Gasteiger partial charge < -0.3 is 15.6 Å². The zero-order chi connectivity index (χ0) is 35.3. The number of halogens is 3. The summed E-state index contributed by atoms with van der Waals surface area (Å²) in [6, 6.07) is 17.6. The maximum absolute atomic E-state index is 11.2. The van der Waals surface area contributed by atoms with Gasteiger partial charge in [-0.15, -0.1) is 0 Å². The van der Waals surface area contributed by atoms with Crippen LogP contribution in [0, 0.1) is 0 Å². The van der Waals surface area contributed by atoms with Gasteiger partial charge >= 0.3 is 59.1 Å². The van der Waals surface area contributed by atoms with Crippen molar-refractivity contribution in [1.29, 1.82) is 0 Å².